The average molecular weight is 391 g/mol. The molecule has 4 rings (SSSR count). The van der Waals surface area contributed by atoms with Gasteiger partial charge in [0.15, 0.2) is 5.82 Å². The Kier molecular flexibility index (Phi) is 4.90. The van der Waals surface area contributed by atoms with Crippen molar-refractivity contribution in [2.24, 2.45) is 5.41 Å². The van der Waals surface area contributed by atoms with Gasteiger partial charge in [-0.1, -0.05) is 25.3 Å². The predicted octanol–water partition coefficient (Wildman–Crippen LogP) is 2.67. The van der Waals surface area contributed by atoms with Crippen molar-refractivity contribution in [1.82, 2.24) is 24.5 Å². The molecule has 1 aromatic heterocycles. The maximum absolute atomic E-state index is 12.9. The van der Waals surface area contributed by atoms with Crippen LogP contribution < -0.4 is 4.72 Å². The number of hydrogen-bond donors (Lipinski definition) is 1. The molecule has 0 atom stereocenters. The molecule has 1 N–H and O–H groups in total. The van der Waals surface area contributed by atoms with Gasteiger partial charge in [0.2, 0.25) is 0 Å². The largest absolute Gasteiger partial charge is 0.301 e. The van der Waals surface area contributed by atoms with E-state index in [1.165, 1.54) is 32.1 Å². The summed E-state index contributed by atoms with van der Waals surface area (Å²) in [4.78, 5) is 0. The second-order valence-electron chi connectivity index (χ2n) is 7.76. The fourth-order valence-electron chi connectivity index (χ4n) is 4.39. The number of benzene rings is 1. The van der Waals surface area contributed by atoms with E-state index in [1.807, 2.05) is 6.07 Å². The normalized spacial score (nSPS) is 20.6. The number of hydrogen-bond acceptors (Lipinski definition) is 5. The molecule has 1 aliphatic carbocycles. The van der Waals surface area contributed by atoms with Crippen molar-refractivity contribution < 1.29 is 8.42 Å². The lowest BCUT2D eigenvalue weighted by Gasteiger charge is -2.43. The number of tetrazole rings is 1. The van der Waals surface area contributed by atoms with Crippen LogP contribution in [-0.2, 0) is 10.2 Å². The van der Waals surface area contributed by atoms with Crippen molar-refractivity contribution >= 4 is 15.9 Å². The smallest absolute Gasteiger partial charge is 0.271 e. The van der Waals surface area contributed by atoms with Crippen LogP contribution in [0, 0.1) is 12.3 Å². The molecular weight excluding hydrogens is 364 g/mol. The minimum Gasteiger partial charge on any atom is -0.271 e. The van der Waals surface area contributed by atoms with Crippen LogP contribution in [0.5, 0.6) is 0 Å². The first-order chi connectivity index (χ1) is 13.0. The maximum Gasteiger partial charge on any atom is 0.301 e. The van der Waals surface area contributed by atoms with Gasteiger partial charge in [-0.2, -0.15) is 17.4 Å². The summed E-state index contributed by atoms with van der Waals surface area (Å²) in [5.41, 5.74) is 1.61. The molecule has 2 fully saturated rings. The van der Waals surface area contributed by atoms with E-state index in [2.05, 4.69) is 20.2 Å². The first-order valence-electron chi connectivity index (χ1n) is 9.61. The zero-order valence-electron chi connectivity index (χ0n) is 15.6. The van der Waals surface area contributed by atoms with Gasteiger partial charge >= 0.3 is 10.2 Å². The summed E-state index contributed by atoms with van der Waals surface area (Å²) in [6, 6.07) is 7.12. The number of piperidine rings is 1. The summed E-state index contributed by atoms with van der Waals surface area (Å²) in [6.07, 6.45) is 8.34. The summed E-state index contributed by atoms with van der Waals surface area (Å²) >= 11 is 0. The third-order valence-corrected chi connectivity index (χ3v) is 7.54. The highest BCUT2D eigenvalue weighted by atomic mass is 32.2. The Labute approximate surface area is 160 Å². The molecule has 8 nitrogen and oxygen atoms in total. The molecule has 2 aromatic rings. The number of nitrogens with one attached hydrogen (secondary N) is 1. The van der Waals surface area contributed by atoms with E-state index in [1.54, 1.807) is 34.1 Å². The molecule has 0 radical (unpaired) electrons. The highest BCUT2D eigenvalue weighted by molar-refractivity contribution is 7.90. The average Bonchev–Trinajstić information content (AvgIpc) is 3.09. The van der Waals surface area contributed by atoms with E-state index in [4.69, 9.17) is 0 Å². The highest BCUT2D eigenvalue weighted by Gasteiger charge is 2.38. The summed E-state index contributed by atoms with van der Waals surface area (Å²) in [5.74, 6) is 0.642. The van der Waals surface area contributed by atoms with Crippen LogP contribution in [0.3, 0.4) is 0 Å². The van der Waals surface area contributed by atoms with Gasteiger partial charge in [-0.05, 0) is 66.6 Å². The lowest BCUT2D eigenvalue weighted by molar-refractivity contribution is 0.103. The zero-order valence-corrected chi connectivity index (χ0v) is 16.5. The van der Waals surface area contributed by atoms with Crippen molar-refractivity contribution in [3.05, 3.63) is 30.1 Å². The van der Waals surface area contributed by atoms with Gasteiger partial charge in [0.25, 0.3) is 0 Å². The number of nitrogens with zero attached hydrogens (tertiary/aromatic N) is 5. The Hall–Kier alpha value is -2.00. The topological polar surface area (TPSA) is 93.0 Å². The van der Waals surface area contributed by atoms with E-state index >= 15 is 0 Å². The van der Waals surface area contributed by atoms with Crippen molar-refractivity contribution in [2.75, 3.05) is 17.8 Å². The molecule has 1 aromatic carbocycles. The molecule has 0 unspecified atom stereocenters. The third kappa shape index (κ3) is 3.84. The molecule has 1 spiro atoms. The highest BCUT2D eigenvalue weighted by Crippen LogP contribution is 2.44. The molecule has 27 heavy (non-hydrogen) atoms. The van der Waals surface area contributed by atoms with Crippen LogP contribution >= 0.6 is 0 Å². The molecule has 1 aliphatic heterocycles. The zero-order chi connectivity index (χ0) is 18.9. The van der Waals surface area contributed by atoms with Crippen molar-refractivity contribution in [2.45, 2.75) is 51.9 Å². The lowest BCUT2D eigenvalue weighted by atomic mass is 9.68. The Morgan fingerprint density at radius 2 is 1.81 bits per heavy atom. The minimum atomic E-state index is -3.57. The second kappa shape index (κ2) is 7.20. The molecule has 2 aliphatic rings. The number of aromatic nitrogens is 4. The van der Waals surface area contributed by atoms with Crippen LogP contribution in [0.1, 0.15) is 50.8 Å². The molecule has 2 heterocycles. The van der Waals surface area contributed by atoms with E-state index in [9.17, 15) is 8.42 Å². The SMILES string of the molecule is Cc1nnnn1-c1cccc(NS(=O)(=O)N2CCC3(CCCCC3)CC2)c1. The van der Waals surface area contributed by atoms with Gasteiger partial charge in [-0.3, -0.25) is 4.72 Å². The Morgan fingerprint density at radius 3 is 2.48 bits per heavy atom. The van der Waals surface area contributed by atoms with Crippen LogP contribution in [0.4, 0.5) is 5.69 Å². The molecule has 0 bridgehead atoms. The summed E-state index contributed by atoms with van der Waals surface area (Å²) in [5, 5.41) is 11.4. The molecule has 146 valence electrons. The monoisotopic (exact) mass is 390 g/mol. The van der Waals surface area contributed by atoms with E-state index in [0.717, 1.165) is 18.5 Å². The molecule has 1 saturated carbocycles. The third-order valence-electron chi connectivity index (χ3n) is 6.00. The standard InChI is InChI=1S/C18H26N6O2S/c1-15-19-21-22-24(15)17-7-5-6-16(14-17)20-27(25,26)23-12-10-18(11-13-23)8-3-2-4-9-18/h5-7,14,20H,2-4,8-13H2,1H3. The fraction of sp³-hybridized carbons (Fsp3) is 0.611. The van der Waals surface area contributed by atoms with Gasteiger partial charge in [0.1, 0.15) is 0 Å². The summed E-state index contributed by atoms with van der Waals surface area (Å²) in [7, 11) is -3.57. The number of anilines is 1. The van der Waals surface area contributed by atoms with Gasteiger partial charge in [-0.15, -0.1) is 5.10 Å². The predicted molar refractivity (Wildman–Crippen MR) is 103 cm³/mol. The Balaban J connectivity index is 1.45. The number of aryl methyl sites for hydroxylation is 1. The first-order valence-corrected chi connectivity index (χ1v) is 11.0. The Bertz CT molecular complexity index is 894. The van der Waals surface area contributed by atoms with Crippen LogP contribution in [-0.4, -0.2) is 46.0 Å². The summed E-state index contributed by atoms with van der Waals surface area (Å²) in [6.45, 7) is 2.99. The van der Waals surface area contributed by atoms with Crippen LogP contribution in [0.2, 0.25) is 0 Å². The van der Waals surface area contributed by atoms with Gasteiger partial charge in [0.05, 0.1) is 11.4 Å². The molecule has 9 heteroatoms. The van der Waals surface area contributed by atoms with Crippen molar-refractivity contribution in [3.63, 3.8) is 0 Å². The fourth-order valence-corrected chi connectivity index (χ4v) is 5.60. The Morgan fingerprint density at radius 1 is 1.07 bits per heavy atom. The van der Waals surface area contributed by atoms with Gasteiger partial charge in [-0.25, -0.2) is 0 Å². The summed E-state index contributed by atoms with van der Waals surface area (Å²) < 4.78 is 31.6. The second-order valence-corrected chi connectivity index (χ2v) is 9.43. The van der Waals surface area contributed by atoms with Crippen LogP contribution in [0.15, 0.2) is 24.3 Å². The van der Waals surface area contributed by atoms with E-state index < -0.39 is 10.2 Å². The number of rotatable bonds is 4. The van der Waals surface area contributed by atoms with Crippen LogP contribution in [0.25, 0.3) is 5.69 Å². The van der Waals surface area contributed by atoms with E-state index in [0.29, 0.717) is 30.0 Å². The van der Waals surface area contributed by atoms with E-state index in [-0.39, 0.29) is 0 Å². The van der Waals surface area contributed by atoms with Crippen molar-refractivity contribution in [3.8, 4) is 5.69 Å². The molecule has 1 saturated heterocycles. The lowest BCUT2D eigenvalue weighted by Crippen LogP contribution is -2.45. The van der Waals surface area contributed by atoms with Gasteiger partial charge in [0, 0.05) is 13.1 Å². The van der Waals surface area contributed by atoms with Crippen molar-refractivity contribution in [1.29, 1.82) is 0 Å². The quantitative estimate of drug-likeness (QED) is 0.866. The maximum atomic E-state index is 12.9. The van der Waals surface area contributed by atoms with Gasteiger partial charge < -0.3 is 0 Å². The first kappa shape index (κ1) is 18.4. The minimum absolute atomic E-state index is 0.377. The molecule has 0 amide bonds. The molecular formula is C18H26N6O2S.